The predicted octanol–water partition coefficient (Wildman–Crippen LogP) is 2.87. The van der Waals surface area contributed by atoms with Crippen molar-refractivity contribution in [2.24, 2.45) is 0 Å². The lowest BCUT2D eigenvalue weighted by molar-refractivity contribution is -0.121. The summed E-state index contributed by atoms with van der Waals surface area (Å²) in [6.45, 7) is 2.36. The van der Waals surface area contributed by atoms with E-state index < -0.39 is 6.03 Å². The van der Waals surface area contributed by atoms with E-state index in [0.717, 1.165) is 5.56 Å². The molecule has 6 heteroatoms. The maximum atomic E-state index is 11.9. The smallest absolute Gasteiger partial charge is 0.338 e. The summed E-state index contributed by atoms with van der Waals surface area (Å²) in [6.07, 6.45) is 0.906. The first kappa shape index (κ1) is 17.3. The molecule has 24 heavy (non-hydrogen) atoms. The van der Waals surface area contributed by atoms with Crippen molar-refractivity contribution in [1.29, 1.82) is 0 Å². The van der Waals surface area contributed by atoms with Gasteiger partial charge in [0.25, 0.3) is 0 Å². The summed E-state index contributed by atoms with van der Waals surface area (Å²) in [5, 5.41) is 2.63. The fourth-order valence-electron chi connectivity index (χ4n) is 2.10. The highest BCUT2D eigenvalue weighted by Gasteiger charge is 2.08. The Kier molecular flexibility index (Phi) is 6.64. The molecule has 0 aromatic heterocycles. The Morgan fingerprint density at radius 1 is 0.958 bits per heavy atom. The number of carbonyl (C=O) groups excluding carboxylic acids is 2. The van der Waals surface area contributed by atoms with Crippen LogP contribution in [0, 0.1) is 0 Å². The lowest BCUT2D eigenvalue weighted by atomic mass is 10.1. The molecule has 2 rings (SSSR count). The number of urea groups is 1. The fraction of sp³-hybridized carbons (Fsp3) is 0.222. The number of anilines is 1. The third kappa shape index (κ3) is 5.64. The zero-order valence-electron chi connectivity index (χ0n) is 13.5. The Bertz CT molecular complexity index is 674. The van der Waals surface area contributed by atoms with Crippen LogP contribution in [0.3, 0.4) is 0 Å². The van der Waals surface area contributed by atoms with E-state index in [2.05, 4.69) is 16.2 Å². The monoisotopic (exact) mass is 327 g/mol. The Hall–Kier alpha value is -3.02. The second-order valence-electron chi connectivity index (χ2n) is 5.04. The third-order valence-corrected chi connectivity index (χ3v) is 3.23. The van der Waals surface area contributed by atoms with Gasteiger partial charge in [0.2, 0.25) is 5.91 Å². The van der Waals surface area contributed by atoms with Gasteiger partial charge >= 0.3 is 6.03 Å². The van der Waals surface area contributed by atoms with Gasteiger partial charge in [-0.1, -0.05) is 42.5 Å². The summed E-state index contributed by atoms with van der Waals surface area (Å²) >= 11 is 0. The molecule has 0 aliphatic carbocycles. The van der Waals surface area contributed by atoms with Crippen LogP contribution in [-0.4, -0.2) is 18.5 Å². The number of hydrazine groups is 1. The zero-order valence-corrected chi connectivity index (χ0v) is 13.5. The number of rotatable bonds is 6. The molecule has 2 aromatic rings. The van der Waals surface area contributed by atoms with Crippen molar-refractivity contribution in [2.45, 2.75) is 19.8 Å². The number of hydrogen-bond acceptors (Lipinski definition) is 3. The Morgan fingerprint density at radius 3 is 2.42 bits per heavy atom. The van der Waals surface area contributed by atoms with E-state index in [-0.39, 0.29) is 5.91 Å². The minimum Gasteiger partial charge on any atom is -0.492 e. The molecular formula is C18H21N3O3. The highest BCUT2D eigenvalue weighted by atomic mass is 16.5. The standard InChI is InChI=1S/C18H21N3O3/c1-2-24-16-11-7-6-10-15(16)19-18(23)21-20-17(22)13-12-14-8-4-3-5-9-14/h3-11H,2,12-13H2,1H3,(H,20,22)(H2,19,21,23). The van der Waals surface area contributed by atoms with Crippen LogP contribution in [0.5, 0.6) is 5.75 Å². The van der Waals surface area contributed by atoms with Gasteiger partial charge in [-0.3, -0.25) is 10.2 Å². The van der Waals surface area contributed by atoms with E-state index >= 15 is 0 Å². The molecule has 0 radical (unpaired) electrons. The molecule has 6 nitrogen and oxygen atoms in total. The lowest BCUT2D eigenvalue weighted by Gasteiger charge is -2.12. The average molecular weight is 327 g/mol. The second kappa shape index (κ2) is 9.19. The molecule has 3 amide bonds. The first-order chi connectivity index (χ1) is 11.7. The second-order valence-corrected chi connectivity index (χ2v) is 5.04. The Morgan fingerprint density at radius 2 is 1.67 bits per heavy atom. The highest BCUT2D eigenvalue weighted by molar-refractivity contribution is 5.92. The van der Waals surface area contributed by atoms with Crippen LogP contribution >= 0.6 is 0 Å². The SMILES string of the molecule is CCOc1ccccc1NC(=O)NNC(=O)CCc1ccccc1. The van der Waals surface area contributed by atoms with Crippen LogP contribution in [0.25, 0.3) is 0 Å². The molecule has 0 spiro atoms. The van der Waals surface area contributed by atoms with Crippen LogP contribution < -0.4 is 20.9 Å². The Labute approximate surface area is 141 Å². The summed E-state index contributed by atoms with van der Waals surface area (Å²) < 4.78 is 5.42. The van der Waals surface area contributed by atoms with E-state index in [9.17, 15) is 9.59 Å². The van der Waals surface area contributed by atoms with Crippen LogP contribution in [0.1, 0.15) is 18.9 Å². The quantitative estimate of drug-likeness (QED) is 0.714. The van der Waals surface area contributed by atoms with E-state index in [1.807, 2.05) is 43.3 Å². The number of carbonyl (C=O) groups is 2. The average Bonchev–Trinajstić information content (AvgIpc) is 2.61. The van der Waals surface area contributed by atoms with Gasteiger partial charge in [-0.2, -0.15) is 0 Å². The summed E-state index contributed by atoms with van der Waals surface area (Å²) in [5.41, 5.74) is 6.32. The molecule has 0 saturated carbocycles. The number of aryl methyl sites for hydroxylation is 1. The molecule has 2 aromatic carbocycles. The van der Waals surface area contributed by atoms with Gasteiger partial charge < -0.3 is 10.1 Å². The summed E-state index contributed by atoms with van der Waals surface area (Å²) in [7, 11) is 0. The van der Waals surface area contributed by atoms with Crippen LogP contribution in [0.2, 0.25) is 0 Å². The van der Waals surface area contributed by atoms with E-state index in [4.69, 9.17) is 4.74 Å². The molecule has 0 saturated heterocycles. The summed E-state index contributed by atoms with van der Waals surface area (Å²) in [6, 6.07) is 16.3. The fourth-order valence-corrected chi connectivity index (χ4v) is 2.10. The largest absolute Gasteiger partial charge is 0.492 e. The van der Waals surface area contributed by atoms with Gasteiger partial charge in [0.1, 0.15) is 5.75 Å². The highest BCUT2D eigenvalue weighted by Crippen LogP contribution is 2.23. The van der Waals surface area contributed by atoms with Gasteiger partial charge in [-0.05, 0) is 31.0 Å². The van der Waals surface area contributed by atoms with Crippen molar-refractivity contribution >= 4 is 17.6 Å². The predicted molar refractivity (Wildman–Crippen MR) is 92.7 cm³/mol. The molecule has 0 atom stereocenters. The number of hydrogen-bond donors (Lipinski definition) is 3. The van der Waals surface area contributed by atoms with E-state index in [0.29, 0.717) is 30.9 Å². The maximum Gasteiger partial charge on any atom is 0.338 e. The van der Waals surface area contributed by atoms with Gasteiger partial charge in [0.15, 0.2) is 0 Å². The first-order valence-corrected chi connectivity index (χ1v) is 7.80. The number of benzene rings is 2. The first-order valence-electron chi connectivity index (χ1n) is 7.80. The lowest BCUT2D eigenvalue weighted by Crippen LogP contribution is -2.44. The molecule has 0 aliphatic rings. The van der Waals surface area contributed by atoms with E-state index in [1.165, 1.54) is 0 Å². The maximum absolute atomic E-state index is 11.9. The van der Waals surface area contributed by atoms with Crippen molar-refractivity contribution in [3.63, 3.8) is 0 Å². The molecule has 0 aliphatic heterocycles. The van der Waals surface area contributed by atoms with Gasteiger partial charge in [-0.15, -0.1) is 0 Å². The van der Waals surface area contributed by atoms with Crippen LogP contribution in [0.15, 0.2) is 54.6 Å². The van der Waals surface area contributed by atoms with Crippen molar-refractivity contribution in [2.75, 3.05) is 11.9 Å². The van der Waals surface area contributed by atoms with Gasteiger partial charge in [-0.25, -0.2) is 10.2 Å². The number of nitrogens with one attached hydrogen (secondary N) is 3. The van der Waals surface area contributed by atoms with Crippen molar-refractivity contribution < 1.29 is 14.3 Å². The topological polar surface area (TPSA) is 79.5 Å². The zero-order chi connectivity index (χ0) is 17.2. The molecular weight excluding hydrogens is 306 g/mol. The molecule has 126 valence electrons. The summed E-state index contributed by atoms with van der Waals surface area (Å²) in [5.74, 6) is 0.317. The normalized spacial score (nSPS) is 9.88. The molecule has 0 bridgehead atoms. The summed E-state index contributed by atoms with van der Waals surface area (Å²) in [4.78, 5) is 23.6. The van der Waals surface area contributed by atoms with Crippen molar-refractivity contribution in [1.82, 2.24) is 10.9 Å². The van der Waals surface area contributed by atoms with Crippen LogP contribution in [0.4, 0.5) is 10.5 Å². The van der Waals surface area contributed by atoms with Crippen LogP contribution in [-0.2, 0) is 11.2 Å². The molecule has 0 unspecified atom stereocenters. The Balaban J connectivity index is 1.75. The van der Waals surface area contributed by atoms with Crippen molar-refractivity contribution in [3.05, 3.63) is 60.2 Å². The number of para-hydroxylation sites is 2. The minimum atomic E-state index is -0.532. The van der Waals surface area contributed by atoms with Gasteiger partial charge in [0.05, 0.1) is 12.3 Å². The minimum absolute atomic E-state index is 0.257. The third-order valence-electron chi connectivity index (χ3n) is 3.23. The number of amides is 3. The van der Waals surface area contributed by atoms with Crippen molar-refractivity contribution in [3.8, 4) is 5.75 Å². The molecule has 0 fully saturated rings. The molecule has 0 heterocycles. The van der Waals surface area contributed by atoms with E-state index in [1.54, 1.807) is 18.2 Å². The number of ether oxygens (including phenoxy) is 1. The molecule has 3 N–H and O–H groups in total. The van der Waals surface area contributed by atoms with Gasteiger partial charge in [0, 0.05) is 6.42 Å².